The molecule has 8 heteroatoms. The molecule has 1 saturated heterocycles. The third-order valence-corrected chi connectivity index (χ3v) is 6.25. The number of hydrogen-bond acceptors (Lipinski definition) is 4. The molecule has 0 bridgehead atoms. The van der Waals surface area contributed by atoms with Gasteiger partial charge in [0.15, 0.2) is 0 Å². The highest BCUT2D eigenvalue weighted by Crippen LogP contribution is 2.26. The number of hydrogen-bond donors (Lipinski definition) is 2. The molecule has 2 aliphatic heterocycles. The maximum Gasteiger partial charge on any atom is 0.251 e. The molecule has 0 saturated carbocycles. The first-order chi connectivity index (χ1) is 10.5. The normalized spacial score (nSPS) is 21.4. The second-order valence-corrected chi connectivity index (χ2v) is 7.84. The van der Waals surface area contributed by atoms with Crippen LogP contribution in [0.4, 0.5) is 0 Å². The van der Waals surface area contributed by atoms with Crippen molar-refractivity contribution in [2.45, 2.75) is 17.7 Å². The highest BCUT2D eigenvalue weighted by atomic mass is 35.5. The molecule has 2 heterocycles. The molecule has 0 aromatic heterocycles. The summed E-state index contributed by atoms with van der Waals surface area (Å²) >= 11 is 0. The van der Waals surface area contributed by atoms with Gasteiger partial charge in [0.25, 0.3) is 5.91 Å². The largest absolute Gasteiger partial charge is 0.352 e. The Morgan fingerprint density at radius 1 is 1.39 bits per heavy atom. The highest BCUT2D eigenvalue weighted by molar-refractivity contribution is 7.89. The second kappa shape index (κ2) is 7.17. The first-order valence-electron chi connectivity index (χ1n) is 7.58. The third-order valence-electron chi connectivity index (χ3n) is 4.39. The van der Waals surface area contributed by atoms with E-state index in [4.69, 9.17) is 0 Å². The number of nitrogens with zero attached hydrogens (tertiary/aromatic N) is 1. The smallest absolute Gasteiger partial charge is 0.251 e. The van der Waals surface area contributed by atoms with Crippen LogP contribution in [0.1, 0.15) is 22.3 Å². The maximum absolute atomic E-state index is 12.8. The van der Waals surface area contributed by atoms with Gasteiger partial charge in [-0.05, 0) is 50.0 Å². The van der Waals surface area contributed by atoms with E-state index in [1.54, 1.807) is 12.1 Å². The molecule has 2 N–H and O–H groups in total. The van der Waals surface area contributed by atoms with E-state index in [2.05, 4.69) is 10.6 Å². The lowest BCUT2D eigenvalue weighted by molar-refractivity contribution is 0.0945. The van der Waals surface area contributed by atoms with Crippen LogP contribution in [-0.4, -0.2) is 51.9 Å². The van der Waals surface area contributed by atoms with Gasteiger partial charge in [0, 0.05) is 25.2 Å². The minimum atomic E-state index is -3.52. The molecule has 1 fully saturated rings. The summed E-state index contributed by atoms with van der Waals surface area (Å²) in [6.07, 6.45) is 1.61. The number of nitrogens with one attached hydrogen (secondary N) is 2. The molecule has 3 rings (SSSR count). The highest BCUT2D eigenvalue weighted by Gasteiger charge is 2.33. The lowest BCUT2D eigenvalue weighted by Crippen LogP contribution is -2.33. The topological polar surface area (TPSA) is 78.5 Å². The van der Waals surface area contributed by atoms with E-state index >= 15 is 0 Å². The van der Waals surface area contributed by atoms with Gasteiger partial charge < -0.3 is 10.6 Å². The Kier molecular flexibility index (Phi) is 5.67. The van der Waals surface area contributed by atoms with Crippen LogP contribution < -0.4 is 10.6 Å². The molecule has 0 radical (unpaired) electrons. The lowest BCUT2D eigenvalue weighted by atomic mass is 10.0. The summed E-state index contributed by atoms with van der Waals surface area (Å²) in [7, 11) is -1.65. The summed E-state index contributed by atoms with van der Waals surface area (Å²) in [6, 6.07) is 4.91. The van der Waals surface area contributed by atoms with Gasteiger partial charge in [-0.1, -0.05) is 6.07 Å². The number of amides is 1. The van der Waals surface area contributed by atoms with E-state index < -0.39 is 10.0 Å². The molecule has 0 aliphatic carbocycles. The summed E-state index contributed by atoms with van der Waals surface area (Å²) in [5, 5.41) is 5.85. The van der Waals surface area contributed by atoms with Gasteiger partial charge in [-0.2, -0.15) is 4.31 Å². The van der Waals surface area contributed by atoms with Crippen molar-refractivity contribution in [3.05, 3.63) is 29.3 Å². The van der Waals surface area contributed by atoms with Crippen LogP contribution in [0.15, 0.2) is 23.1 Å². The zero-order valence-electron chi connectivity index (χ0n) is 13.0. The van der Waals surface area contributed by atoms with Crippen molar-refractivity contribution in [2.75, 3.05) is 33.2 Å². The van der Waals surface area contributed by atoms with Crippen molar-refractivity contribution in [3.8, 4) is 0 Å². The summed E-state index contributed by atoms with van der Waals surface area (Å²) in [5.74, 6) is 0.161. The molecule has 1 aromatic rings. The van der Waals surface area contributed by atoms with E-state index in [0.717, 1.165) is 24.9 Å². The Labute approximate surface area is 143 Å². The monoisotopic (exact) mass is 359 g/mol. The van der Waals surface area contributed by atoms with Crippen molar-refractivity contribution in [1.82, 2.24) is 14.9 Å². The van der Waals surface area contributed by atoms with Crippen molar-refractivity contribution in [1.29, 1.82) is 0 Å². The van der Waals surface area contributed by atoms with Gasteiger partial charge in [0.2, 0.25) is 10.0 Å². The van der Waals surface area contributed by atoms with E-state index in [9.17, 15) is 13.2 Å². The Morgan fingerprint density at radius 2 is 2.17 bits per heavy atom. The van der Waals surface area contributed by atoms with E-state index in [1.165, 1.54) is 10.4 Å². The average Bonchev–Trinajstić information content (AvgIpc) is 2.97. The first-order valence-corrected chi connectivity index (χ1v) is 9.02. The Morgan fingerprint density at radius 3 is 2.91 bits per heavy atom. The van der Waals surface area contributed by atoms with Crippen LogP contribution in [-0.2, 0) is 16.4 Å². The summed E-state index contributed by atoms with van der Waals surface area (Å²) in [6.45, 7) is 2.50. The number of carbonyl (C=O) groups is 1. The van der Waals surface area contributed by atoms with Crippen molar-refractivity contribution < 1.29 is 13.2 Å². The molecule has 128 valence electrons. The summed E-state index contributed by atoms with van der Waals surface area (Å²) in [4.78, 5) is 12.1. The fourth-order valence-corrected chi connectivity index (χ4v) is 4.73. The van der Waals surface area contributed by atoms with Crippen LogP contribution in [0.3, 0.4) is 0 Å². The Balaban J connectivity index is 0.00000192. The van der Waals surface area contributed by atoms with Gasteiger partial charge >= 0.3 is 0 Å². The van der Waals surface area contributed by atoms with Gasteiger partial charge in [-0.25, -0.2) is 8.42 Å². The van der Waals surface area contributed by atoms with Crippen LogP contribution in [0.5, 0.6) is 0 Å². The van der Waals surface area contributed by atoms with E-state index in [-0.39, 0.29) is 23.2 Å². The van der Waals surface area contributed by atoms with E-state index in [1.807, 2.05) is 7.05 Å². The predicted molar refractivity (Wildman–Crippen MR) is 90.5 cm³/mol. The predicted octanol–water partition coefficient (Wildman–Crippen LogP) is 0.624. The van der Waals surface area contributed by atoms with Crippen LogP contribution in [0.2, 0.25) is 0 Å². The fourth-order valence-electron chi connectivity index (χ4n) is 3.17. The van der Waals surface area contributed by atoms with Gasteiger partial charge in [-0.15, -0.1) is 12.4 Å². The minimum Gasteiger partial charge on any atom is -0.352 e. The molecular formula is C15H22ClN3O3S. The standard InChI is InChI=1S/C15H21N3O3S.ClH/c1-16-9-11-5-7-18(10-11)22(20,21)13-3-2-12-4-6-17-15(19)14(12)8-13;/h2-3,8,11,16H,4-7,9-10H2,1H3,(H,17,19);1H. The summed E-state index contributed by atoms with van der Waals surface area (Å²) in [5.41, 5.74) is 1.40. The first kappa shape index (κ1) is 18.2. The molecule has 1 aromatic carbocycles. The number of carbonyl (C=O) groups excluding carboxylic acids is 1. The van der Waals surface area contributed by atoms with Crippen LogP contribution >= 0.6 is 12.4 Å². The molecule has 1 amide bonds. The molecular weight excluding hydrogens is 338 g/mol. The van der Waals surface area contributed by atoms with Gasteiger partial charge in [0.05, 0.1) is 4.90 Å². The van der Waals surface area contributed by atoms with Crippen LogP contribution in [0, 0.1) is 5.92 Å². The van der Waals surface area contributed by atoms with Crippen LogP contribution in [0.25, 0.3) is 0 Å². The molecule has 6 nitrogen and oxygen atoms in total. The third kappa shape index (κ3) is 3.52. The number of sulfonamides is 1. The van der Waals surface area contributed by atoms with Gasteiger partial charge in [-0.3, -0.25) is 4.79 Å². The average molecular weight is 360 g/mol. The lowest BCUT2D eigenvalue weighted by Gasteiger charge is -2.20. The molecule has 1 unspecified atom stereocenters. The molecule has 1 atom stereocenters. The maximum atomic E-state index is 12.8. The van der Waals surface area contributed by atoms with E-state index in [0.29, 0.717) is 31.1 Å². The Hall–Kier alpha value is -1.15. The number of rotatable bonds is 4. The SMILES string of the molecule is CNCC1CCN(S(=O)(=O)c2ccc3c(c2)C(=O)NCC3)C1.Cl. The minimum absolute atomic E-state index is 0. The number of fused-ring (bicyclic) bond motifs is 1. The van der Waals surface area contributed by atoms with Crippen molar-refractivity contribution in [2.24, 2.45) is 5.92 Å². The molecule has 2 aliphatic rings. The Bertz CT molecular complexity index is 693. The summed E-state index contributed by atoms with van der Waals surface area (Å²) < 4.78 is 27.0. The zero-order valence-corrected chi connectivity index (χ0v) is 14.7. The zero-order chi connectivity index (χ0) is 15.7. The number of halogens is 1. The van der Waals surface area contributed by atoms with Gasteiger partial charge in [0.1, 0.15) is 0 Å². The van der Waals surface area contributed by atoms with Crippen molar-refractivity contribution >= 4 is 28.3 Å². The number of benzene rings is 1. The second-order valence-electron chi connectivity index (χ2n) is 5.90. The van der Waals surface area contributed by atoms with Crippen molar-refractivity contribution in [3.63, 3.8) is 0 Å². The fraction of sp³-hybridized carbons (Fsp3) is 0.533. The molecule has 0 spiro atoms. The quantitative estimate of drug-likeness (QED) is 0.826. The molecule has 23 heavy (non-hydrogen) atoms.